The minimum Gasteiger partial charge on any atom is -0.341 e. The first-order chi connectivity index (χ1) is 10.1. The van der Waals surface area contributed by atoms with Gasteiger partial charge in [-0.25, -0.2) is 4.39 Å². The molecule has 0 aromatic heterocycles. The minimum atomic E-state index is -0.255. The number of carbonyl (C=O) groups is 1. The second-order valence-electron chi connectivity index (χ2n) is 6.17. The molecule has 1 amide bonds. The van der Waals surface area contributed by atoms with Gasteiger partial charge in [0.2, 0.25) is 5.91 Å². The van der Waals surface area contributed by atoms with Crippen LogP contribution in [0.4, 0.5) is 4.39 Å². The van der Waals surface area contributed by atoms with Crippen molar-refractivity contribution in [3.8, 4) is 0 Å². The number of rotatable bonds is 5. The van der Waals surface area contributed by atoms with E-state index in [9.17, 15) is 9.18 Å². The van der Waals surface area contributed by atoms with Crippen LogP contribution >= 0.6 is 12.4 Å². The standard InChI is InChI=1S/C17H25FN2O.ClH/c1-13(15-6-4-8-19-11-15)9-17(21)20(2)12-14-5-3-7-16(18)10-14;/h3,5,7,10,13,15,19H,4,6,8-9,11-12H2,1-2H3;1H. The molecule has 1 aromatic carbocycles. The van der Waals surface area contributed by atoms with E-state index < -0.39 is 0 Å². The van der Waals surface area contributed by atoms with E-state index in [1.54, 1.807) is 18.0 Å². The van der Waals surface area contributed by atoms with E-state index in [1.165, 1.54) is 25.0 Å². The number of amides is 1. The molecule has 0 saturated carbocycles. The van der Waals surface area contributed by atoms with Crippen molar-refractivity contribution < 1.29 is 9.18 Å². The average Bonchev–Trinajstić information content (AvgIpc) is 2.48. The monoisotopic (exact) mass is 328 g/mol. The first-order valence-corrected chi connectivity index (χ1v) is 7.75. The van der Waals surface area contributed by atoms with Gasteiger partial charge in [0, 0.05) is 20.0 Å². The molecular formula is C17H26ClFN2O. The first kappa shape index (κ1) is 18.9. The van der Waals surface area contributed by atoms with Crippen LogP contribution in [-0.2, 0) is 11.3 Å². The zero-order valence-corrected chi connectivity index (χ0v) is 14.2. The molecule has 1 N–H and O–H groups in total. The lowest BCUT2D eigenvalue weighted by Crippen LogP contribution is -2.36. The molecule has 1 fully saturated rings. The molecule has 0 bridgehead atoms. The van der Waals surface area contributed by atoms with Crippen LogP contribution in [0.3, 0.4) is 0 Å². The van der Waals surface area contributed by atoms with E-state index in [0.29, 0.717) is 24.8 Å². The molecule has 5 heteroatoms. The topological polar surface area (TPSA) is 32.3 Å². The maximum absolute atomic E-state index is 13.2. The van der Waals surface area contributed by atoms with Crippen molar-refractivity contribution in [3.63, 3.8) is 0 Å². The van der Waals surface area contributed by atoms with Gasteiger partial charge in [-0.2, -0.15) is 0 Å². The van der Waals surface area contributed by atoms with E-state index >= 15 is 0 Å². The smallest absolute Gasteiger partial charge is 0.222 e. The van der Waals surface area contributed by atoms with Crippen LogP contribution in [0.2, 0.25) is 0 Å². The third-order valence-corrected chi connectivity index (χ3v) is 4.37. The van der Waals surface area contributed by atoms with Crippen molar-refractivity contribution in [2.45, 2.75) is 32.7 Å². The highest BCUT2D eigenvalue weighted by Gasteiger charge is 2.23. The highest BCUT2D eigenvalue weighted by Crippen LogP contribution is 2.23. The fraction of sp³-hybridized carbons (Fsp3) is 0.588. The molecule has 0 radical (unpaired) electrons. The van der Waals surface area contributed by atoms with Gasteiger partial charge in [0.1, 0.15) is 5.82 Å². The zero-order valence-electron chi connectivity index (χ0n) is 13.3. The number of halogens is 2. The first-order valence-electron chi connectivity index (χ1n) is 7.75. The Morgan fingerprint density at radius 2 is 2.27 bits per heavy atom. The SMILES string of the molecule is CC(CC(=O)N(C)Cc1cccc(F)c1)C1CCCNC1.Cl. The largest absolute Gasteiger partial charge is 0.341 e. The van der Waals surface area contributed by atoms with Crippen molar-refractivity contribution in [2.75, 3.05) is 20.1 Å². The number of nitrogens with zero attached hydrogens (tertiary/aromatic N) is 1. The molecule has 3 nitrogen and oxygen atoms in total. The van der Waals surface area contributed by atoms with Gasteiger partial charge >= 0.3 is 0 Å². The van der Waals surface area contributed by atoms with Crippen LogP contribution in [-0.4, -0.2) is 30.9 Å². The summed E-state index contributed by atoms with van der Waals surface area (Å²) < 4.78 is 13.2. The van der Waals surface area contributed by atoms with Gasteiger partial charge in [-0.3, -0.25) is 4.79 Å². The summed E-state index contributed by atoms with van der Waals surface area (Å²) in [6.45, 7) is 4.73. The lowest BCUT2D eigenvalue weighted by atomic mass is 9.85. The number of hydrogen-bond donors (Lipinski definition) is 1. The number of piperidine rings is 1. The van der Waals surface area contributed by atoms with Crippen molar-refractivity contribution >= 4 is 18.3 Å². The predicted molar refractivity (Wildman–Crippen MR) is 89.5 cm³/mol. The molecule has 1 saturated heterocycles. The lowest BCUT2D eigenvalue weighted by Gasteiger charge is -2.29. The van der Waals surface area contributed by atoms with Gasteiger partial charge in [-0.15, -0.1) is 12.4 Å². The molecule has 1 heterocycles. The van der Waals surface area contributed by atoms with E-state index in [1.807, 2.05) is 6.07 Å². The fourth-order valence-electron chi connectivity index (χ4n) is 2.96. The van der Waals surface area contributed by atoms with Crippen LogP contribution in [0.1, 0.15) is 31.7 Å². The maximum Gasteiger partial charge on any atom is 0.222 e. The summed E-state index contributed by atoms with van der Waals surface area (Å²) in [5.41, 5.74) is 0.831. The third-order valence-electron chi connectivity index (χ3n) is 4.37. The molecule has 1 aromatic rings. The molecule has 0 aliphatic carbocycles. The summed E-state index contributed by atoms with van der Waals surface area (Å²) in [5, 5.41) is 3.40. The van der Waals surface area contributed by atoms with Crippen LogP contribution in [0.5, 0.6) is 0 Å². The van der Waals surface area contributed by atoms with Gasteiger partial charge < -0.3 is 10.2 Å². The molecule has 2 atom stereocenters. The van der Waals surface area contributed by atoms with Gasteiger partial charge in [-0.1, -0.05) is 19.1 Å². The van der Waals surface area contributed by atoms with E-state index in [4.69, 9.17) is 0 Å². The molecule has 0 spiro atoms. The van der Waals surface area contributed by atoms with Crippen molar-refractivity contribution in [1.82, 2.24) is 10.2 Å². The second kappa shape index (κ2) is 9.11. The Bertz CT molecular complexity index is 477. The predicted octanol–water partition coefficient (Wildman–Crippen LogP) is 3.23. The van der Waals surface area contributed by atoms with E-state index in [2.05, 4.69) is 12.2 Å². The summed E-state index contributed by atoms with van der Waals surface area (Å²) >= 11 is 0. The van der Waals surface area contributed by atoms with Crippen molar-refractivity contribution in [2.24, 2.45) is 11.8 Å². The molecule has 1 aliphatic rings. The Morgan fingerprint density at radius 1 is 1.50 bits per heavy atom. The highest BCUT2D eigenvalue weighted by atomic mass is 35.5. The van der Waals surface area contributed by atoms with Crippen LogP contribution in [0.15, 0.2) is 24.3 Å². The molecule has 1 aliphatic heterocycles. The second-order valence-corrected chi connectivity index (χ2v) is 6.17. The van der Waals surface area contributed by atoms with Crippen LogP contribution in [0, 0.1) is 17.7 Å². The van der Waals surface area contributed by atoms with Gasteiger partial charge in [0.25, 0.3) is 0 Å². The van der Waals surface area contributed by atoms with Gasteiger partial charge in [0.05, 0.1) is 0 Å². The number of benzene rings is 1. The van der Waals surface area contributed by atoms with Crippen LogP contribution in [0.25, 0.3) is 0 Å². The average molecular weight is 329 g/mol. The normalized spacial score (nSPS) is 19.1. The Balaban J connectivity index is 0.00000242. The lowest BCUT2D eigenvalue weighted by molar-refractivity contribution is -0.131. The summed E-state index contributed by atoms with van der Waals surface area (Å²) in [5.74, 6) is 0.859. The number of hydrogen-bond acceptors (Lipinski definition) is 2. The Kier molecular flexibility index (Phi) is 7.83. The Morgan fingerprint density at radius 3 is 2.91 bits per heavy atom. The minimum absolute atomic E-state index is 0. The summed E-state index contributed by atoms with van der Waals surface area (Å²) in [6, 6.07) is 6.43. The maximum atomic E-state index is 13.2. The molecule has 2 unspecified atom stereocenters. The van der Waals surface area contributed by atoms with Crippen molar-refractivity contribution in [1.29, 1.82) is 0 Å². The molecule has 2 rings (SSSR count). The number of nitrogens with one attached hydrogen (secondary N) is 1. The zero-order chi connectivity index (χ0) is 15.2. The third kappa shape index (κ3) is 5.58. The van der Waals surface area contributed by atoms with Gasteiger partial charge in [0.15, 0.2) is 0 Å². The Labute approximate surface area is 138 Å². The highest BCUT2D eigenvalue weighted by molar-refractivity contribution is 5.85. The van der Waals surface area contributed by atoms with E-state index in [0.717, 1.165) is 18.7 Å². The fourth-order valence-corrected chi connectivity index (χ4v) is 2.96. The quantitative estimate of drug-likeness (QED) is 0.900. The van der Waals surface area contributed by atoms with Crippen molar-refractivity contribution in [3.05, 3.63) is 35.6 Å². The summed E-state index contributed by atoms with van der Waals surface area (Å²) in [7, 11) is 1.79. The summed E-state index contributed by atoms with van der Waals surface area (Å²) in [6.07, 6.45) is 2.97. The Hall–Kier alpha value is -1.13. The molecule has 124 valence electrons. The van der Waals surface area contributed by atoms with E-state index in [-0.39, 0.29) is 24.1 Å². The molecular weight excluding hydrogens is 303 g/mol. The van der Waals surface area contributed by atoms with Gasteiger partial charge in [-0.05, 0) is 55.5 Å². The number of carbonyl (C=O) groups excluding carboxylic acids is 1. The van der Waals surface area contributed by atoms with Crippen LogP contribution < -0.4 is 5.32 Å². The molecule has 22 heavy (non-hydrogen) atoms. The summed E-state index contributed by atoms with van der Waals surface area (Å²) in [4.78, 5) is 14.0.